The Morgan fingerprint density at radius 3 is 1.38 bits per heavy atom. The minimum absolute atomic E-state index is 0.0606. The molecule has 0 unspecified atom stereocenters. The number of rotatable bonds is 20. The molecule has 0 radical (unpaired) electrons. The average molecular weight is 982 g/mol. The molecule has 386 valence electrons. The second-order valence-electron chi connectivity index (χ2n) is 22.3. The van der Waals surface area contributed by atoms with Crippen LogP contribution in [0.1, 0.15) is 119 Å². The van der Waals surface area contributed by atoms with Gasteiger partial charge in [-0.3, -0.25) is 28.8 Å². The SMILES string of the molecule is C[C@H](N)C(=O)C[C@H](C(=O)N1CCC[C@H]1CN(CCc1ccccc1)C(=O)c1ccc(-c2ccc(C(=O)N(CCc3ccccc3)C[C@@H]3CCCN3C(=O)[C@@H](NC(=O)[C@H](C)N)C(C)(C)C)cc2)cc1)C(C)(C)C. The highest BCUT2D eigenvalue weighted by Gasteiger charge is 2.42. The summed E-state index contributed by atoms with van der Waals surface area (Å²) in [5.41, 5.74) is 15.8. The van der Waals surface area contributed by atoms with Crippen molar-refractivity contribution in [3.8, 4) is 11.1 Å². The highest BCUT2D eigenvalue weighted by atomic mass is 16.2. The molecule has 2 aliphatic rings. The van der Waals surface area contributed by atoms with E-state index in [-0.39, 0.29) is 53.8 Å². The maximum absolute atomic E-state index is 14.5. The topological polar surface area (TPSA) is 179 Å². The van der Waals surface area contributed by atoms with Crippen molar-refractivity contribution in [3.63, 3.8) is 0 Å². The minimum atomic E-state index is -0.777. The van der Waals surface area contributed by atoms with E-state index in [1.807, 2.05) is 158 Å². The van der Waals surface area contributed by atoms with Crippen molar-refractivity contribution in [1.82, 2.24) is 24.9 Å². The Morgan fingerprint density at radius 2 is 1.00 bits per heavy atom. The van der Waals surface area contributed by atoms with Gasteiger partial charge < -0.3 is 36.4 Å². The third-order valence-electron chi connectivity index (χ3n) is 14.5. The van der Waals surface area contributed by atoms with Gasteiger partial charge in [0.2, 0.25) is 17.7 Å². The summed E-state index contributed by atoms with van der Waals surface area (Å²) in [5, 5.41) is 2.90. The molecule has 4 aromatic carbocycles. The lowest BCUT2D eigenvalue weighted by atomic mass is 9.76. The first kappa shape index (κ1) is 55.1. The van der Waals surface area contributed by atoms with E-state index in [0.717, 1.165) is 47.9 Å². The molecule has 2 saturated heterocycles. The largest absolute Gasteiger partial charge is 0.342 e. The number of likely N-dealkylation sites (tertiary alicyclic amines) is 2. The summed E-state index contributed by atoms with van der Waals surface area (Å²) in [6.07, 6.45) is 4.47. The maximum Gasteiger partial charge on any atom is 0.253 e. The van der Waals surface area contributed by atoms with Gasteiger partial charge in [0.1, 0.15) is 11.8 Å². The quantitative estimate of drug-likeness (QED) is 0.0813. The summed E-state index contributed by atoms with van der Waals surface area (Å²) < 4.78 is 0. The molecule has 5 N–H and O–H groups in total. The molecular weight excluding hydrogens is 903 g/mol. The van der Waals surface area contributed by atoms with Crippen LogP contribution in [0.2, 0.25) is 0 Å². The molecule has 4 aromatic rings. The van der Waals surface area contributed by atoms with Crippen LogP contribution in [0.4, 0.5) is 0 Å². The van der Waals surface area contributed by atoms with Crippen molar-refractivity contribution >= 4 is 35.3 Å². The highest BCUT2D eigenvalue weighted by Crippen LogP contribution is 2.34. The van der Waals surface area contributed by atoms with Gasteiger partial charge in [-0.15, -0.1) is 0 Å². The van der Waals surface area contributed by atoms with Crippen molar-refractivity contribution in [2.24, 2.45) is 28.2 Å². The predicted molar refractivity (Wildman–Crippen MR) is 285 cm³/mol. The zero-order chi connectivity index (χ0) is 52.3. The van der Waals surface area contributed by atoms with Gasteiger partial charge in [-0.05, 0) is 110 Å². The summed E-state index contributed by atoms with van der Waals surface area (Å²) in [5.74, 6) is -1.54. The van der Waals surface area contributed by atoms with Gasteiger partial charge >= 0.3 is 0 Å². The second-order valence-corrected chi connectivity index (χ2v) is 22.3. The van der Waals surface area contributed by atoms with Crippen LogP contribution in [-0.2, 0) is 32.0 Å². The summed E-state index contributed by atoms with van der Waals surface area (Å²) in [4.78, 5) is 90.6. The molecule has 0 saturated carbocycles. The fourth-order valence-electron chi connectivity index (χ4n) is 9.92. The number of nitrogens with one attached hydrogen (secondary N) is 1. The highest BCUT2D eigenvalue weighted by molar-refractivity contribution is 5.96. The lowest BCUT2D eigenvalue weighted by Crippen LogP contribution is -2.59. The Balaban J connectivity index is 1.19. The molecule has 72 heavy (non-hydrogen) atoms. The summed E-state index contributed by atoms with van der Waals surface area (Å²) in [6.45, 7) is 17.7. The predicted octanol–water partition coefficient (Wildman–Crippen LogP) is 7.55. The van der Waals surface area contributed by atoms with Crippen molar-refractivity contribution in [2.75, 3.05) is 39.3 Å². The van der Waals surface area contributed by atoms with Crippen LogP contribution in [0, 0.1) is 16.7 Å². The van der Waals surface area contributed by atoms with Crippen molar-refractivity contribution in [3.05, 3.63) is 131 Å². The molecule has 2 fully saturated rings. The van der Waals surface area contributed by atoms with E-state index in [2.05, 4.69) is 17.4 Å². The Hall–Kier alpha value is -6.18. The number of hydrogen-bond acceptors (Lipinski definition) is 8. The molecule has 2 heterocycles. The summed E-state index contributed by atoms with van der Waals surface area (Å²) >= 11 is 0. The average Bonchev–Trinajstić information content (AvgIpc) is 4.04. The van der Waals surface area contributed by atoms with Gasteiger partial charge in [-0.2, -0.15) is 0 Å². The molecule has 0 spiro atoms. The fraction of sp³-hybridized carbons (Fsp3) is 0.492. The van der Waals surface area contributed by atoms with Gasteiger partial charge in [0, 0.05) is 74.8 Å². The molecule has 0 aliphatic carbocycles. The van der Waals surface area contributed by atoms with Gasteiger partial charge in [-0.1, -0.05) is 126 Å². The first-order valence-electron chi connectivity index (χ1n) is 25.9. The molecule has 13 nitrogen and oxygen atoms in total. The molecule has 2 aliphatic heterocycles. The van der Waals surface area contributed by atoms with E-state index < -0.39 is 34.9 Å². The van der Waals surface area contributed by atoms with Crippen LogP contribution in [-0.4, -0.2) is 124 Å². The Morgan fingerprint density at radius 1 is 0.583 bits per heavy atom. The number of carbonyl (C=O) groups excluding carboxylic acids is 6. The van der Waals surface area contributed by atoms with E-state index in [1.54, 1.807) is 13.8 Å². The van der Waals surface area contributed by atoms with Crippen LogP contribution in [0.25, 0.3) is 11.1 Å². The van der Waals surface area contributed by atoms with Crippen LogP contribution in [0.5, 0.6) is 0 Å². The zero-order valence-corrected chi connectivity index (χ0v) is 43.9. The minimum Gasteiger partial charge on any atom is -0.342 e. The van der Waals surface area contributed by atoms with Crippen LogP contribution in [0.3, 0.4) is 0 Å². The Labute approximate surface area is 428 Å². The second kappa shape index (κ2) is 24.5. The van der Waals surface area contributed by atoms with Crippen LogP contribution >= 0.6 is 0 Å². The Bertz CT molecular complexity index is 2290. The number of nitrogens with two attached hydrogens (primary N) is 2. The van der Waals surface area contributed by atoms with Crippen molar-refractivity contribution in [2.45, 2.75) is 131 Å². The smallest absolute Gasteiger partial charge is 0.253 e. The van der Waals surface area contributed by atoms with Gasteiger partial charge in [0.15, 0.2) is 0 Å². The molecule has 0 bridgehead atoms. The first-order valence-corrected chi connectivity index (χ1v) is 25.9. The number of benzene rings is 4. The first-order chi connectivity index (χ1) is 34.1. The van der Waals surface area contributed by atoms with Crippen molar-refractivity contribution in [1.29, 1.82) is 0 Å². The third-order valence-corrected chi connectivity index (χ3v) is 14.5. The molecule has 13 heteroatoms. The molecule has 0 aromatic heterocycles. The van der Waals surface area contributed by atoms with E-state index in [0.29, 0.717) is 63.2 Å². The van der Waals surface area contributed by atoms with Crippen molar-refractivity contribution < 1.29 is 28.8 Å². The third kappa shape index (κ3) is 14.5. The fourth-order valence-corrected chi connectivity index (χ4v) is 9.92. The summed E-state index contributed by atoms with van der Waals surface area (Å²) in [7, 11) is 0. The molecule has 6 atom stereocenters. The van der Waals surface area contributed by atoms with E-state index in [1.165, 1.54) is 0 Å². The molecular formula is C59H79N7O6. The zero-order valence-electron chi connectivity index (χ0n) is 43.9. The van der Waals surface area contributed by atoms with Crippen LogP contribution < -0.4 is 16.8 Å². The number of amides is 5. The normalized spacial score (nSPS) is 17.7. The number of carbonyl (C=O) groups is 6. The number of Topliss-reactive ketones (excluding diaryl/α,β-unsaturated/α-hetero) is 1. The monoisotopic (exact) mass is 982 g/mol. The number of nitrogens with zero attached hydrogens (tertiary/aromatic N) is 4. The molecule has 6 rings (SSSR count). The Kier molecular flexibility index (Phi) is 18.8. The van der Waals surface area contributed by atoms with Crippen LogP contribution in [0.15, 0.2) is 109 Å². The van der Waals surface area contributed by atoms with E-state index in [9.17, 15) is 28.8 Å². The number of hydrogen-bond donors (Lipinski definition) is 3. The maximum atomic E-state index is 14.5. The van der Waals surface area contributed by atoms with E-state index >= 15 is 0 Å². The lowest BCUT2D eigenvalue weighted by molar-refractivity contribution is -0.143. The van der Waals surface area contributed by atoms with Gasteiger partial charge in [0.05, 0.1) is 12.1 Å². The molecule has 5 amide bonds. The van der Waals surface area contributed by atoms with Gasteiger partial charge in [-0.25, -0.2) is 0 Å². The standard InChI is InChI=1S/C59H79N7O6/c1-40(60)51(67)37-50(58(3,4)5)56(71)65-33-15-21-48(65)38-63(35-31-42-17-11-9-12-18-42)54(69)46-27-23-44(24-28-46)45-25-29-47(30-26-45)55(70)64(36-32-43-19-13-10-14-20-43)39-49-22-16-34-66(49)57(72)52(59(6,7)8)62-53(68)41(2)61/h9-14,17-20,23-30,40-41,48-50,52H,15-16,21-22,31-39,60-61H2,1-8H3,(H,62,68)/t40-,41-,48-,49-,50+,52+/m0/s1. The number of ketones is 1. The van der Waals surface area contributed by atoms with E-state index in [4.69, 9.17) is 11.5 Å². The lowest BCUT2D eigenvalue weighted by Gasteiger charge is -2.37. The van der Waals surface area contributed by atoms with Gasteiger partial charge in [0.25, 0.3) is 11.8 Å². The summed E-state index contributed by atoms with van der Waals surface area (Å²) in [6, 6.07) is 32.5.